The molecule has 1 fully saturated rings. The summed E-state index contributed by atoms with van der Waals surface area (Å²) in [5.74, 6) is 0.171. The number of hydrogen-bond donors (Lipinski definition) is 1. The predicted octanol–water partition coefficient (Wildman–Crippen LogP) is 2.87. The highest BCUT2D eigenvalue weighted by atomic mass is 16.1. The minimum Gasteiger partial charge on any atom is -0.289 e. The first-order chi connectivity index (χ1) is 11.1. The van der Waals surface area contributed by atoms with Crippen LogP contribution in [0.1, 0.15) is 66.8 Å². The van der Waals surface area contributed by atoms with Crippen LogP contribution in [0.5, 0.6) is 0 Å². The molecule has 1 aliphatic carbocycles. The second kappa shape index (κ2) is 6.52. The molecule has 124 valence electrons. The summed E-state index contributed by atoms with van der Waals surface area (Å²) >= 11 is 0. The number of aromatic nitrogens is 5. The lowest BCUT2D eigenvalue weighted by Crippen LogP contribution is -2.17. The number of anilines is 1. The average molecular weight is 316 g/mol. The Balaban J connectivity index is 1.73. The van der Waals surface area contributed by atoms with E-state index in [9.17, 15) is 4.79 Å². The van der Waals surface area contributed by atoms with Crippen LogP contribution in [-0.2, 0) is 6.54 Å². The fourth-order valence-electron chi connectivity index (χ4n) is 3.35. The second-order valence-corrected chi connectivity index (χ2v) is 6.16. The van der Waals surface area contributed by atoms with Gasteiger partial charge in [0.05, 0.1) is 17.3 Å². The van der Waals surface area contributed by atoms with E-state index in [4.69, 9.17) is 0 Å². The smallest absolute Gasteiger partial charge is 0.261 e. The van der Waals surface area contributed by atoms with Crippen molar-refractivity contribution in [2.24, 2.45) is 0 Å². The molecule has 0 spiro atoms. The van der Waals surface area contributed by atoms with Crippen molar-refractivity contribution in [2.75, 3.05) is 5.32 Å². The largest absolute Gasteiger partial charge is 0.289 e. The first-order valence-electron chi connectivity index (χ1n) is 8.36. The minimum atomic E-state index is -0.193. The van der Waals surface area contributed by atoms with Gasteiger partial charge in [0.25, 0.3) is 5.91 Å². The number of carbonyl (C=O) groups excluding carboxylic acids is 1. The summed E-state index contributed by atoms with van der Waals surface area (Å²) in [6.07, 6.45) is 7.77. The second-order valence-electron chi connectivity index (χ2n) is 6.16. The van der Waals surface area contributed by atoms with E-state index >= 15 is 0 Å². The van der Waals surface area contributed by atoms with Gasteiger partial charge in [0, 0.05) is 12.2 Å². The molecule has 1 aliphatic rings. The van der Waals surface area contributed by atoms with Crippen molar-refractivity contribution in [1.29, 1.82) is 0 Å². The molecule has 0 aliphatic heterocycles. The van der Waals surface area contributed by atoms with Gasteiger partial charge >= 0.3 is 0 Å². The lowest BCUT2D eigenvalue weighted by molar-refractivity contribution is 0.102. The number of rotatable bonds is 4. The summed E-state index contributed by atoms with van der Waals surface area (Å²) in [7, 11) is 0. The highest BCUT2D eigenvalue weighted by molar-refractivity contribution is 6.04. The number of aryl methyl sites for hydroxylation is 2. The van der Waals surface area contributed by atoms with Crippen molar-refractivity contribution in [3.8, 4) is 0 Å². The van der Waals surface area contributed by atoms with Gasteiger partial charge in [-0.05, 0) is 33.6 Å². The van der Waals surface area contributed by atoms with E-state index in [-0.39, 0.29) is 5.91 Å². The molecule has 2 heterocycles. The molecular formula is C16H24N6O. The zero-order valence-corrected chi connectivity index (χ0v) is 14.0. The van der Waals surface area contributed by atoms with Gasteiger partial charge in [-0.3, -0.25) is 14.8 Å². The van der Waals surface area contributed by atoms with Crippen LogP contribution in [0.15, 0.2) is 6.33 Å². The molecule has 2 aromatic rings. The fourth-order valence-corrected chi connectivity index (χ4v) is 3.35. The van der Waals surface area contributed by atoms with E-state index in [2.05, 4.69) is 20.5 Å². The number of amides is 1. The topological polar surface area (TPSA) is 77.6 Å². The maximum Gasteiger partial charge on any atom is 0.261 e. The predicted molar refractivity (Wildman–Crippen MR) is 87.5 cm³/mol. The summed E-state index contributed by atoms with van der Waals surface area (Å²) in [6.45, 7) is 6.51. The summed E-state index contributed by atoms with van der Waals surface area (Å²) in [5.41, 5.74) is 2.21. The van der Waals surface area contributed by atoms with Crippen LogP contribution < -0.4 is 5.32 Å². The maximum atomic E-state index is 12.5. The van der Waals surface area contributed by atoms with Crippen LogP contribution >= 0.6 is 0 Å². The first kappa shape index (κ1) is 15.7. The van der Waals surface area contributed by atoms with Crippen molar-refractivity contribution >= 4 is 11.9 Å². The number of nitrogens with zero attached hydrogens (tertiary/aromatic N) is 5. The van der Waals surface area contributed by atoms with Crippen molar-refractivity contribution in [1.82, 2.24) is 24.5 Å². The van der Waals surface area contributed by atoms with E-state index in [1.54, 1.807) is 6.33 Å². The van der Waals surface area contributed by atoms with Crippen molar-refractivity contribution in [2.45, 2.75) is 65.5 Å². The fraction of sp³-hybridized carbons (Fsp3) is 0.625. The van der Waals surface area contributed by atoms with E-state index in [0.717, 1.165) is 30.8 Å². The van der Waals surface area contributed by atoms with E-state index in [1.807, 2.05) is 30.1 Å². The third-order valence-corrected chi connectivity index (χ3v) is 4.59. The lowest BCUT2D eigenvalue weighted by atomic mass is 9.96. The van der Waals surface area contributed by atoms with E-state index in [0.29, 0.717) is 17.6 Å². The van der Waals surface area contributed by atoms with Gasteiger partial charge in [-0.15, -0.1) is 5.10 Å². The Morgan fingerprint density at radius 2 is 2.00 bits per heavy atom. The number of hydrogen-bond acceptors (Lipinski definition) is 4. The molecule has 0 aromatic carbocycles. The van der Waals surface area contributed by atoms with Crippen molar-refractivity contribution in [3.63, 3.8) is 0 Å². The summed E-state index contributed by atoms with van der Waals surface area (Å²) in [6, 6.07) is 0.410. The van der Waals surface area contributed by atoms with Crippen LogP contribution in [0.25, 0.3) is 0 Å². The Morgan fingerprint density at radius 3 is 2.65 bits per heavy atom. The number of nitrogens with one attached hydrogen (secondary N) is 1. The third-order valence-electron chi connectivity index (χ3n) is 4.59. The van der Waals surface area contributed by atoms with Gasteiger partial charge in [0.15, 0.2) is 0 Å². The monoisotopic (exact) mass is 316 g/mol. The van der Waals surface area contributed by atoms with Crippen LogP contribution in [-0.4, -0.2) is 30.5 Å². The molecule has 7 nitrogen and oxygen atoms in total. The Morgan fingerprint density at radius 1 is 1.26 bits per heavy atom. The Kier molecular flexibility index (Phi) is 4.45. The van der Waals surface area contributed by atoms with E-state index < -0.39 is 0 Å². The Hall–Kier alpha value is -2.18. The third kappa shape index (κ3) is 3.13. The van der Waals surface area contributed by atoms with Gasteiger partial charge in [-0.1, -0.05) is 19.3 Å². The minimum absolute atomic E-state index is 0.193. The molecule has 3 rings (SSSR count). The maximum absolute atomic E-state index is 12.5. The van der Waals surface area contributed by atoms with E-state index in [1.165, 1.54) is 19.3 Å². The van der Waals surface area contributed by atoms with Crippen LogP contribution in [0.4, 0.5) is 5.95 Å². The molecule has 7 heteroatoms. The molecule has 0 saturated heterocycles. The zero-order chi connectivity index (χ0) is 16.4. The van der Waals surface area contributed by atoms with Crippen molar-refractivity contribution in [3.05, 3.63) is 23.3 Å². The molecule has 23 heavy (non-hydrogen) atoms. The molecule has 0 unspecified atom stereocenters. The SMILES string of the molecule is CCn1nc(C)c(C(=O)Nc2ncn(C3CCCCC3)n2)c1C. The molecular weight excluding hydrogens is 292 g/mol. The Labute approximate surface area is 136 Å². The first-order valence-corrected chi connectivity index (χ1v) is 8.36. The van der Waals surface area contributed by atoms with Crippen LogP contribution in [0.3, 0.4) is 0 Å². The van der Waals surface area contributed by atoms with Crippen LogP contribution in [0.2, 0.25) is 0 Å². The molecule has 1 amide bonds. The standard InChI is InChI=1S/C16H24N6O/c1-4-21-12(3)14(11(2)19-21)15(23)18-16-17-10-22(20-16)13-8-6-5-7-9-13/h10,13H,4-9H2,1-3H3,(H,18,20,23). The van der Waals surface area contributed by atoms with Gasteiger partial charge in [0.2, 0.25) is 5.95 Å². The van der Waals surface area contributed by atoms with Gasteiger partial charge in [-0.25, -0.2) is 9.67 Å². The van der Waals surface area contributed by atoms with Gasteiger partial charge in [-0.2, -0.15) is 5.10 Å². The summed E-state index contributed by atoms with van der Waals surface area (Å²) < 4.78 is 3.72. The summed E-state index contributed by atoms with van der Waals surface area (Å²) in [5, 5.41) is 11.6. The molecule has 0 radical (unpaired) electrons. The van der Waals surface area contributed by atoms with Crippen LogP contribution in [0, 0.1) is 13.8 Å². The van der Waals surface area contributed by atoms with Gasteiger partial charge in [0.1, 0.15) is 6.33 Å². The van der Waals surface area contributed by atoms with Crippen molar-refractivity contribution < 1.29 is 4.79 Å². The summed E-state index contributed by atoms with van der Waals surface area (Å²) in [4.78, 5) is 16.8. The Bertz CT molecular complexity index is 695. The molecule has 1 N–H and O–H groups in total. The quantitative estimate of drug-likeness (QED) is 0.941. The normalized spacial score (nSPS) is 15.8. The molecule has 2 aromatic heterocycles. The number of carbonyl (C=O) groups is 1. The highest BCUT2D eigenvalue weighted by Crippen LogP contribution is 2.27. The lowest BCUT2D eigenvalue weighted by Gasteiger charge is -2.21. The average Bonchev–Trinajstić information content (AvgIpc) is 3.12. The van der Waals surface area contributed by atoms with Gasteiger partial charge < -0.3 is 0 Å². The highest BCUT2D eigenvalue weighted by Gasteiger charge is 2.21. The molecule has 0 bridgehead atoms. The molecule has 1 saturated carbocycles. The molecule has 0 atom stereocenters. The zero-order valence-electron chi connectivity index (χ0n) is 14.0.